The van der Waals surface area contributed by atoms with Crippen LogP contribution in [0.15, 0.2) is 46.4 Å². The van der Waals surface area contributed by atoms with Crippen molar-refractivity contribution in [2.75, 3.05) is 21.1 Å². The van der Waals surface area contributed by atoms with Crippen LogP contribution < -0.4 is 0 Å². The van der Waals surface area contributed by atoms with Crippen molar-refractivity contribution in [3.8, 4) is 0 Å². The fourth-order valence-electron chi connectivity index (χ4n) is 2.00. The minimum atomic E-state index is 0.0446. The van der Waals surface area contributed by atoms with E-state index in [1.54, 1.807) is 0 Å². The van der Waals surface area contributed by atoms with E-state index in [1.165, 1.54) is 5.57 Å². The zero-order chi connectivity index (χ0) is 14.5. The zero-order valence-electron chi connectivity index (χ0n) is 13.0. The van der Waals surface area contributed by atoms with E-state index in [2.05, 4.69) is 80.6 Å². The first-order chi connectivity index (χ1) is 8.86. The predicted octanol–water partition coefficient (Wildman–Crippen LogP) is 3.52. The largest absolute Gasteiger partial charge is 0.306 e. The van der Waals surface area contributed by atoms with Crippen LogP contribution >= 0.6 is 0 Å². The maximum Gasteiger partial charge on any atom is 0.285 e. The summed E-state index contributed by atoms with van der Waals surface area (Å²) in [5.41, 5.74) is 1.28. The molecule has 2 atom stereocenters. The molecule has 1 aliphatic rings. The van der Waals surface area contributed by atoms with Crippen LogP contribution in [0.2, 0.25) is 0 Å². The van der Waals surface area contributed by atoms with Gasteiger partial charge < -0.3 is 4.90 Å². The molecular weight excluding hydrogens is 236 g/mol. The molecule has 106 valence electrons. The summed E-state index contributed by atoms with van der Waals surface area (Å²) in [7, 11) is 6.28. The highest BCUT2D eigenvalue weighted by molar-refractivity contribution is 5.16. The predicted molar refractivity (Wildman–Crippen MR) is 80.3 cm³/mol. The Labute approximate surface area is 117 Å². The van der Waals surface area contributed by atoms with Gasteiger partial charge in [0, 0.05) is 7.05 Å². The average molecular weight is 263 g/mol. The van der Waals surface area contributed by atoms with Gasteiger partial charge in [-0.25, -0.2) is 0 Å². The quantitative estimate of drug-likeness (QED) is 0.424. The monoisotopic (exact) mass is 263 g/mol. The van der Waals surface area contributed by atoms with Gasteiger partial charge in [0.1, 0.15) is 6.20 Å². The molecule has 2 unspecified atom stereocenters. The number of hydrogen-bond donors (Lipinski definition) is 0. The second-order valence-corrected chi connectivity index (χ2v) is 5.63. The van der Waals surface area contributed by atoms with Crippen molar-refractivity contribution in [2.24, 2.45) is 10.2 Å². The number of allylic oxidation sites excluding steroid dienone is 3. The van der Waals surface area contributed by atoms with Gasteiger partial charge in [-0.05, 0) is 20.3 Å². The van der Waals surface area contributed by atoms with Crippen LogP contribution in [0.1, 0.15) is 27.2 Å². The minimum absolute atomic E-state index is 0.0446. The Morgan fingerprint density at radius 2 is 2.16 bits per heavy atom. The summed E-state index contributed by atoms with van der Waals surface area (Å²) in [4.78, 5) is 2.09. The number of nitrogens with zero attached hydrogens (tertiary/aromatic N) is 4. The molecule has 0 amide bonds. The second-order valence-electron chi connectivity index (χ2n) is 5.63. The highest BCUT2D eigenvalue weighted by atomic mass is 15.6. The SMILES string of the molecule is CC/C=C(C)\C=C/C(C)N=NC1N(C)C=C[N+]1(C)C. The lowest BCUT2D eigenvalue weighted by molar-refractivity contribution is -0.868. The van der Waals surface area contributed by atoms with E-state index in [0.717, 1.165) is 6.42 Å². The van der Waals surface area contributed by atoms with Gasteiger partial charge in [0.2, 0.25) is 0 Å². The van der Waals surface area contributed by atoms with E-state index in [4.69, 9.17) is 0 Å². The molecular formula is C15H27N4+. The second kappa shape index (κ2) is 6.66. The molecule has 4 heteroatoms. The maximum atomic E-state index is 4.47. The summed E-state index contributed by atoms with van der Waals surface area (Å²) in [6.45, 7) is 6.31. The van der Waals surface area contributed by atoms with Crippen LogP contribution in [0.4, 0.5) is 0 Å². The Morgan fingerprint density at radius 1 is 1.47 bits per heavy atom. The van der Waals surface area contributed by atoms with E-state index in [-0.39, 0.29) is 12.3 Å². The molecule has 0 spiro atoms. The van der Waals surface area contributed by atoms with E-state index in [1.807, 2.05) is 7.05 Å². The molecule has 1 rings (SSSR count). The molecule has 0 fully saturated rings. The fourth-order valence-corrected chi connectivity index (χ4v) is 2.00. The molecule has 0 aliphatic carbocycles. The molecule has 19 heavy (non-hydrogen) atoms. The third-order valence-electron chi connectivity index (χ3n) is 3.16. The fraction of sp³-hybridized carbons (Fsp3) is 0.600. The van der Waals surface area contributed by atoms with Crippen LogP contribution in [-0.2, 0) is 0 Å². The van der Waals surface area contributed by atoms with E-state index < -0.39 is 0 Å². The van der Waals surface area contributed by atoms with Crippen LogP contribution in [-0.4, -0.2) is 42.9 Å². The Bertz CT molecular complexity index is 404. The molecule has 0 aromatic carbocycles. The number of azo groups is 1. The normalized spacial score (nSPS) is 24.8. The molecule has 1 heterocycles. The van der Waals surface area contributed by atoms with Crippen molar-refractivity contribution >= 4 is 0 Å². The van der Waals surface area contributed by atoms with Crippen molar-refractivity contribution in [3.05, 3.63) is 36.2 Å². The van der Waals surface area contributed by atoms with Gasteiger partial charge in [0.25, 0.3) is 6.29 Å². The van der Waals surface area contributed by atoms with Gasteiger partial charge >= 0.3 is 0 Å². The highest BCUT2D eigenvalue weighted by Gasteiger charge is 2.34. The lowest BCUT2D eigenvalue weighted by atomic mass is 10.2. The molecule has 4 nitrogen and oxygen atoms in total. The van der Waals surface area contributed by atoms with Crippen molar-refractivity contribution < 1.29 is 4.48 Å². The highest BCUT2D eigenvalue weighted by Crippen LogP contribution is 2.20. The summed E-state index contributed by atoms with van der Waals surface area (Å²) in [6.07, 6.45) is 11.7. The van der Waals surface area contributed by atoms with Gasteiger partial charge in [-0.1, -0.05) is 30.7 Å². The number of rotatable bonds is 5. The summed E-state index contributed by atoms with van der Waals surface area (Å²) in [5.74, 6) is 0. The molecule has 0 N–H and O–H groups in total. The molecule has 0 saturated carbocycles. The van der Waals surface area contributed by atoms with Crippen LogP contribution in [0.25, 0.3) is 0 Å². The first-order valence-corrected chi connectivity index (χ1v) is 6.86. The minimum Gasteiger partial charge on any atom is -0.306 e. The Kier molecular flexibility index (Phi) is 5.48. The molecule has 1 aliphatic heterocycles. The average Bonchev–Trinajstić information content (AvgIpc) is 2.59. The van der Waals surface area contributed by atoms with Gasteiger partial charge in [0.05, 0.1) is 26.3 Å². The van der Waals surface area contributed by atoms with Gasteiger partial charge in [0.15, 0.2) is 0 Å². The smallest absolute Gasteiger partial charge is 0.285 e. The molecule has 0 saturated heterocycles. The molecule has 0 bridgehead atoms. The zero-order valence-corrected chi connectivity index (χ0v) is 13.0. The Balaban J connectivity index is 2.60. The van der Waals surface area contributed by atoms with Crippen molar-refractivity contribution in [1.29, 1.82) is 0 Å². The van der Waals surface area contributed by atoms with Crippen molar-refractivity contribution in [3.63, 3.8) is 0 Å². The topological polar surface area (TPSA) is 28.0 Å². The van der Waals surface area contributed by atoms with Crippen LogP contribution in [0, 0.1) is 0 Å². The summed E-state index contributed by atoms with van der Waals surface area (Å²) >= 11 is 0. The van der Waals surface area contributed by atoms with Crippen LogP contribution in [0.5, 0.6) is 0 Å². The van der Waals surface area contributed by atoms with Gasteiger partial charge in [-0.3, -0.25) is 4.48 Å². The molecule has 0 aromatic heterocycles. The Morgan fingerprint density at radius 3 is 2.68 bits per heavy atom. The lowest BCUT2D eigenvalue weighted by Crippen LogP contribution is -2.45. The van der Waals surface area contributed by atoms with Gasteiger partial charge in [-0.2, -0.15) is 5.11 Å². The lowest BCUT2D eigenvalue weighted by Gasteiger charge is -2.28. The van der Waals surface area contributed by atoms with E-state index >= 15 is 0 Å². The standard InChI is InChI=1S/C15H27N4/c1-7-8-13(2)9-10-14(3)16-17-15-18(4)11-12-19(15,5)6/h8-12,14-15H,7H2,1-6H3/q+1/b10-9-,13-8-,17-16?. The summed E-state index contributed by atoms with van der Waals surface area (Å²) in [6, 6.07) is 0.106. The van der Waals surface area contributed by atoms with E-state index in [9.17, 15) is 0 Å². The van der Waals surface area contributed by atoms with Gasteiger partial charge in [-0.15, -0.1) is 5.11 Å². The molecule has 0 radical (unpaired) electrons. The van der Waals surface area contributed by atoms with Crippen LogP contribution in [0.3, 0.4) is 0 Å². The third kappa shape index (κ3) is 4.63. The van der Waals surface area contributed by atoms with E-state index in [0.29, 0.717) is 4.48 Å². The summed E-state index contributed by atoms with van der Waals surface area (Å²) in [5, 5.41) is 8.87. The first-order valence-electron chi connectivity index (χ1n) is 6.86. The third-order valence-corrected chi connectivity index (χ3v) is 3.16. The Hall–Kier alpha value is -1.42. The number of hydrogen-bond acceptors (Lipinski definition) is 3. The maximum absolute atomic E-state index is 4.47. The summed E-state index contributed by atoms with van der Waals surface area (Å²) < 4.78 is 0.713. The van der Waals surface area contributed by atoms with Crippen molar-refractivity contribution in [1.82, 2.24) is 4.90 Å². The number of quaternary nitrogens is 1. The molecule has 0 aromatic rings. The van der Waals surface area contributed by atoms with Crippen molar-refractivity contribution in [2.45, 2.75) is 39.5 Å². The first kappa shape index (κ1) is 15.6.